The lowest BCUT2D eigenvalue weighted by molar-refractivity contribution is 0.204. The molecular formula is C20H22N2. The zero-order valence-corrected chi connectivity index (χ0v) is 12.9. The van der Waals surface area contributed by atoms with Crippen LogP contribution in [0.2, 0.25) is 0 Å². The number of hydrogen-bond donors (Lipinski definition) is 0. The molecule has 0 bridgehead atoms. The molecule has 0 aliphatic carbocycles. The summed E-state index contributed by atoms with van der Waals surface area (Å²) in [6, 6.07) is 21.6. The highest BCUT2D eigenvalue weighted by molar-refractivity contribution is 5.27. The van der Waals surface area contributed by atoms with E-state index in [0.29, 0.717) is 12.3 Å². The Kier molecular flexibility index (Phi) is 4.88. The minimum Gasteiger partial charge on any atom is -0.299 e. The summed E-state index contributed by atoms with van der Waals surface area (Å²) in [5.41, 5.74) is 3.95. The fraction of sp³-hybridized carbons (Fsp3) is 0.350. The molecule has 1 heterocycles. The molecule has 0 N–H and O–H groups in total. The van der Waals surface area contributed by atoms with Gasteiger partial charge in [-0.25, -0.2) is 0 Å². The van der Waals surface area contributed by atoms with E-state index < -0.39 is 0 Å². The predicted octanol–water partition coefficient (Wildman–Crippen LogP) is 4.13. The van der Waals surface area contributed by atoms with Gasteiger partial charge in [-0.2, -0.15) is 5.26 Å². The molecule has 112 valence electrons. The van der Waals surface area contributed by atoms with Crippen molar-refractivity contribution in [2.75, 3.05) is 13.1 Å². The summed E-state index contributed by atoms with van der Waals surface area (Å²) in [6.45, 7) is 3.40. The van der Waals surface area contributed by atoms with Gasteiger partial charge in [0.15, 0.2) is 0 Å². The highest BCUT2D eigenvalue weighted by atomic mass is 15.1. The van der Waals surface area contributed by atoms with Crippen LogP contribution in [0.5, 0.6) is 0 Å². The van der Waals surface area contributed by atoms with E-state index in [1.54, 1.807) is 0 Å². The third-order valence-electron chi connectivity index (χ3n) is 4.57. The first-order chi connectivity index (χ1) is 10.8. The molecular weight excluding hydrogens is 268 g/mol. The van der Waals surface area contributed by atoms with Crippen LogP contribution in [0, 0.1) is 11.3 Å². The van der Waals surface area contributed by atoms with Crippen LogP contribution in [0.1, 0.15) is 35.4 Å². The highest BCUT2D eigenvalue weighted by Crippen LogP contribution is 2.28. The molecule has 0 saturated carbocycles. The molecule has 0 amide bonds. The van der Waals surface area contributed by atoms with E-state index in [0.717, 1.165) is 12.1 Å². The Morgan fingerprint density at radius 1 is 0.909 bits per heavy atom. The van der Waals surface area contributed by atoms with Crippen LogP contribution in [0.25, 0.3) is 0 Å². The quantitative estimate of drug-likeness (QED) is 0.846. The molecule has 1 saturated heterocycles. The Bertz CT molecular complexity index is 617. The van der Waals surface area contributed by atoms with Crippen LogP contribution >= 0.6 is 0 Å². The van der Waals surface area contributed by atoms with Crippen molar-refractivity contribution in [3.8, 4) is 6.07 Å². The molecule has 2 aromatic carbocycles. The van der Waals surface area contributed by atoms with Crippen LogP contribution in [-0.4, -0.2) is 18.0 Å². The Hall–Kier alpha value is -2.11. The van der Waals surface area contributed by atoms with Crippen molar-refractivity contribution in [2.24, 2.45) is 0 Å². The average molecular weight is 290 g/mol. The van der Waals surface area contributed by atoms with Crippen molar-refractivity contribution >= 4 is 0 Å². The first-order valence-electron chi connectivity index (χ1n) is 8.07. The molecule has 2 heteroatoms. The van der Waals surface area contributed by atoms with Gasteiger partial charge in [0, 0.05) is 6.54 Å². The molecule has 0 unspecified atom stereocenters. The van der Waals surface area contributed by atoms with Crippen molar-refractivity contribution in [3.63, 3.8) is 0 Å². The normalized spacial score (nSPS) is 16.3. The lowest BCUT2D eigenvalue weighted by Gasteiger charge is -2.32. The average Bonchev–Trinajstić information content (AvgIpc) is 2.58. The van der Waals surface area contributed by atoms with Crippen LogP contribution in [0.4, 0.5) is 0 Å². The number of nitriles is 1. The SMILES string of the molecule is N#CCc1ccc(C2CCN(Cc3ccccc3)CC2)cc1. The summed E-state index contributed by atoms with van der Waals surface area (Å²) in [7, 11) is 0. The van der Waals surface area contributed by atoms with E-state index in [9.17, 15) is 0 Å². The Balaban J connectivity index is 1.54. The van der Waals surface area contributed by atoms with Crippen LogP contribution in [-0.2, 0) is 13.0 Å². The van der Waals surface area contributed by atoms with Gasteiger partial charge in [-0.15, -0.1) is 0 Å². The first-order valence-corrected chi connectivity index (χ1v) is 8.07. The number of rotatable bonds is 4. The summed E-state index contributed by atoms with van der Waals surface area (Å²) in [6.07, 6.45) is 2.96. The first kappa shape index (κ1) is 14.8. The lowest BCUT2D eigenvalue weighted by Crippen LogP contribution is -2.32. The van der Waals surface area contributed by atoms with E-state index in [2.05, 4.69) is 65.6 Å². The number of likely N-dealkylation sites (tertiary alicyclic amines) is 1. The van der Waals surface area contributed by atoms with Gasteiger partial charge in [0.05, 0.1) is 12.5 Å². The lowest BCUT2D eigenvalue weighted by atomic mass is 9.88. The molecule has 22 heavy (non-hydrogen) atoms. The molecule has 0 atom stereocenters. The summed E-state index contributed by atoms with van der Waals surface area (Å²) >= 11 is 0. The molecule has 1 fully saturated rings. The van der Waals surface area contributed by atoms with E-state index in [4.69, 9.17) is 5.26 Å². The molecule has 3 rings (SSSR count). The second-order valence-corrected chi connectivity index (χ2v) is 6.11. The minimum absolute atomic E-state index is 0.510. The van der Waals surface area contributed by atoms with E-state index >= 15 is 0 Å². The Labute approximate surface area is 133 Å². The summed E-state index contributed by atoms with van der Waals surface area (Å²) in [5.74, 6) is 0.670. The predicted molar refractivity (Wildman–Crippen MR) is 89.5 cm³/mol. The monoisotopic (exact) mass is 290 g/mol. The molecule has 0 radical (unpaired) electrons. The van der Waals surface area contributed by atoms with Gasteiger partial charge in [0.25, 0.3) is 0 Å². The Morgan fingerprint density at radius 3 is 2.23 bits per heavy atom. The standard InChI is InChI=1S/C20H22N2/c21-13-10-17-6-8-19(9-7-17)20-11-14-22(15-12-20)16-18-4-2-1-3-5-18/h1-9,20H,10-12,14-16H2. The number of piperidine rings is 1. The maximum absolute atomic E-state index is 8.73. The maximum Gasteiger partial charge on any atom is 0.0669 e. The molecule has 0 spiro atoms. The zero-order valence-electron chi connectivity index (χ0n) is 12.9. The van der Waals surface area contributed by atoms with Gasteiger partial charge < -0.3 is 0 Å². The van der Waals surface area contributed by atoms with Gasteiger partial charge in [-0.05, 0) is 48.5 Å². The summed E-state index contributed by atoms with van der Waals surface area (Å²) in [4.78, 5) is 2.55. The largest absolute Gasteiger partial charge is 0.299 e. The van der Waals surface area contributed by atoms with E-state index in [1.807, 2.05) is 0 Å². The van der Waals surface area contributed by atoms with Crippen LogP contribution in [0.3, 0.4) is 0 Å². The number of hydrogen-bond acceptors (Lipinski definition) is 2. The van der Waals surface area contributed by atoms with Crippen molar-refractivity contribution < 1.29 is 0 Å². The fourth-order valence-corrected chi connectivity index (χ4v) is 3.26. The topological polar surface area (TPSA) is 27.0 Å². The van der Waals surface area contributed by atoms with Gasteiger partial charge in [-0.1, -0.05) is 54.6 Å². The van der Waals surface area contributed by atoms with Crippen molar-refractivity contribution in [1.82, 2.24) is 4.90 Å². The maximum atomic E-state index is 8.73. The van der Waals surface area contributed by atoms with Crippen molar-refractivity contribution in [1.29, 1.82) is 5.26 Å². The van der Waals surface area contributed by atoms with Gasteiger partial charge in [0.2, 0.25) is 0 Å². The van der Waals surface area contributed by atoms with Crippen molar-refractivity contribution in [3.05, 3.63) is 71.3 Å². The van der Waals surface area contributed by atoms with E-state index in [1.165, 1.54) is 37.1 Å². The summed E-state index contributed by atoms with van der Waals surface area (Å²) < 4.78 is 0. The number of nitrogens with zero attached hydrogens (tertiary/aromatic N) is 2. The molecule has 1 aliphatic heterocycles. The van der Waals surface area contributed by atoms with Gasteiger partial charge >= 0.3 is 0 Å². The van der Waals surface area contributed by atoms with Crippen LogP contribution in [0.15, 0.2) is 54.6 Å². The van der Waals surface area contributed by atoms with Gasteiger partial charge in [0.1, 0.15) is 0 Å². The second kappa shape index (κ2) is 7.24. The molecule has 0 aromatic heterocycles. The van der Waals surface area contributed by atoms with Crippen molar-refractivity contribution in [2.45, 2.75) is 31.7 Å². The third kappa shape index (κ3) is 3.75. The zero-order chi connectivity index (χ0) is 15.2. The Morgan fingerprint density at radius 2 is 1.59 bits per heavy atom. The third-order valence-corrected chi connectivity index (χ3v) is 4.57. The minimum atomic E-state index is 0.510. The summed E-state index contributed by atoms with van der Waals surface area (Å²) in [5, 5.41) is 8.73. The number of benzene rings is 2. The van der Waals surface area contributed by atoms with E-state index in [-0.39, 0.29) is 0 Å². The molecule has 2 aromatic rings. The highest BCUT2D eigenvalue weighted by Gasteiger charge is 2.20. The molecule has 2 nitrogen and oxygen atoms in total. The van der Waals surface area contributed by atoms with Gasteiger partial charge in [-0.3, -0.25) is 4.90 Å². The molecule has 1 aliphatic rings. The smallest absolute Gasteiger partial charge is 0.0669 e. The van der Waals surface area contributed by atoms with Crippen LogP contribution < -0.4 is 0 Å². The fourth-order valence-electron chi connectivity index (χ4n) is 3.26. The second-order valence-electron chi connectivity index (χ2n) is 6.11.